The molecule has 0 aromatic heterocycles. The highest BCUT2D eigenvalue weighted by Gasteiger charge is 2.38. The van der Waals surface area contributed by atoms with Gasteiger partial charge in [0, 0.05) is 6.04 Å². The Kier molecular flexibility index (Phi) is 6.85. The van der Waals surface area contributed by atoms with Gasteiger partial charge in [-0.1, -0.05) is 86.9 Å². The number of hydrogen-bond donors (Lipinski definition) is 0. The Labute approximate surface area is 183 Å². The number of allylic oxidation sites excluding steroid dienone is 2. The van der Waals surface area contributed by atoms with E-state index in [2.05, 4.69) is 25.1 Å². The number of carbonyl (C=O) groups excluding carboxylic acids is 1. The predicted molar refractivity (Wildman–Crippen MR) is 128 cm³/mol. The van der Waals surface area contributed by atoms with Gasteiger partial charge in [0.15, 0.2) is 5.17 Å². The van der Waals surface area contributed by atoms with Crippen LogP contribution in [0.15, 0.2) is 76.6 Å². The van der Waals surface area contributed by atoms with E-state index in [0.29, 0.717) is 0 Å². The summed E-state index contributed by atoms with van der Waals surface area (Å²) in [6.45, 7) is 2.14. The standard InChI is InChI=1S/C26H28N2OS/c1-2-21-15-9-10-18-23(21)27-26-28(22-16-7-4-8-17-22)25(29)24(30-26)19-11-14-20-12-5-3-6-13-20/h3,5-6,9-15,18-19,22H,2,4,7-8,16-17H2,1H3/b14-11+,24-19+,27-26?. The van der Waals surface area contributed by atoms with Gasteiger partial charge in [0.1, 0.15) is 0 Å². The molecule has 1 amide bonds. The first-order valence-corrected chi connectivity index (χ1v) is 11.7. The van der Waals surface area contributed by atoms with E-state index in [1.807, 2.05) is 59.5 Å². The molecule has 4 rings (SSSR count). The molecule has 3 nitrogen and oxygen atoms in total. The molecule has 1 heterocycles. The van der Waals surface area contributed by atoms with Crippen LogP contribution in [0.4, 0.5) is 5.69 Å². The topological polar surface area (TPSA) is 32.7 Å². The Balaban J connectivity index is 1.64. The summed E-state index contributed by atoms with van der Waals surface area (Å²) >= 11 is 1.51. The number of thioether (sulfide) groups is 1. The Bertz CT molecular complexity index is 972. The lowest BCUT2D eigenvalue weighted by molar-refractivity contribution is -0.124. The van der Waals surface area contributed by atoms with Gasteiger partial charge in [-0.05, 0) is 54.3 Å². The minimum atomic E-state index is 0.0948. The average Bonchev–Trinajstić information content (AvgIpc) is 3.10. The average molecular weight is 417 g/mol. The molecule has 1 saturated carbocycles. The van der Waals surface area contributed by atoms with Crippen molar-refractivity contribution in [3.8, 4) is 0 Å². The molecule has 154 valence electrons. The lowest BCUT2D eigenvalue weighted by atomic mass is 9.94. The van der Waals surface area contributed by atoms with E-state index < -0.39 is 0 Å². The number of rotatable bonds is 5. The summed E-state index contributed by atoms with van der Waals surface area (Å²) in [5.74, 6) is 0.0948. The highest BCUT2D eigenvalue weighted by atomic mass is 32.2. The molecule has 2 aromatic rings. The zero-order valence-electron chi connectivity index (χ0n) is 17.5. The predicted octanol–water partition coefficient (Wildman–Crippen LogP) is 6.74. The number of aliphatic imine (C=N–C) groups is 1. The lowest BCUT2D eigenvalue weighted by Crippen LogP contribution is -2.40. The fraction of sp³-hybridized carbons (Fsp3) is 0.308. The van der Waals surface area contributed by atoms with Gasteiger partial charge in [-0.3, -0.25) is 9.69 Å². The summed E-state index contributed by atoms with van der Waals surface area (Å²) in [5.41, 5.74) is 3.31. The molecule has 0 unspecified atom stereocenters. The zero-order chi connectivity index (χ0) is 20.8. The normalized spacial score (nSPS) is 20.7. The quantitative estimate of drug-likeness (QED) is 0.506. The van der Waals surface area contributed by atoms with Crippen molar-refractivity contribution >= 4 is 34.6 Å². The molecule has 0 spiro atoms. The number of aryl methyl sites for hydroxylation is 1. The molecule has 1 aliphatic heterocycles. The first kappa shape index (κ1) is 20.7. The van der Waals surface area contributed by atoms with Gasteiger partial charge in [0.2, 0.25) is 0 Å². The van der Waals surface area contributed by atoms with Gasteiger partial charge in [-0.15, -0.1) is 0 Å². The monoisotopic (exact) mass is 416 g/mol. The summed E-state index contributed by atoms with van der Waals surface area (Å²) < 4.78 is 0. The SMILES string of the molecule is CCc1ccccc1N=C1S/C(=C/C=C/c2ccccc2)C(=O)N1C1CCCCC1. The second-order valence-corrected chi connectivity index (χ2v) is 8.76. The van der Waals surface area contributed by atoms with Crippen LogP contribution in [0, 0.1) is 0 Å². The fourth-order valence-electron chi connectivity index (χ4n) is 4.07. The van der Waals surface area contributed by atoms with Crippen LogP contribution in [0.5, 0.6) is 0 Å². The van der Waals surface area contributed by atoms with E-state index in [0.717, 1.165) is 40.6 Å². The van der Waals surface area contributed by atoms with Crippen molar-refractivity contribution in [1.82, 2.24) is 4.90 Å². The lowest BCUT2D eigenvalue weighted by Gasteiger charge is -2.30. The zero-order valence-corrected chi connectivity index (χ0v) is 18.3. The summed E-state index contributed by atoms with van der Waals surface area (Å²) in [6, 6.07) is 18.6. The molecule has 0 atom stereocenters. The maximum atomic E-state index is 13.3. The van der Waals surface area contributed by atoms with Crippen LogP contribution >= 0.6 is 11.8 Å². The second kappa shape index (κ2) is 9.94. The van der Waals surface area contributed by atoms with Crippen LogP contribution in [0.3, 0.4) is 0 Å². The van der Waals surface area contributed by atoms with Crippen LogP contribution in [0.2, 0.25) is 0 Å². The number of amides is 1. The first-order valence-electron chi connectivity index (χ1n) is 10.9. The number of amidine groups is 1. The van der Waals surface area contributed by atoms with Gasteiger partial charge >= 0.3 is 0 Å². The molecule has 1 saturated heterocycles. The van der Waals surface area contributed by atoms with E-state index in [1.54, 1.807) is 0 Å². The van der Waals surface area contributed by atoms with E-state index in [1.165, 1.54) is 36.6 Å². The number of carbonyl (C=O) groups is 1. The smallest absolute Gasteiger partial charge is 0.266 e. The Morgan fingerprint density at radius 1 is 1.03 bits per heavy atom. The van der Waals surface area contributed by atoms with E-state index >= 15 is 0 Å². The highest BCUT2D eigenvalue weighted by Crippen LogP contribution is 2.38. The minimum Gasteiger partial charge on any atom is -0.283 e. The highest BCUT2D eigenvalue weighted by molar-refractivity contribution is 8.18. The van der Waals surface area contributed by atoms with E-state index in [-0.39, 0.29) is 11.9 Å². The summed E-state index contributed by atoms with van der Waals surface area (Å²) in [4.78, 5) is 21.0. The third-order valence-corrected chi connectivity index (χ3v) is 6.70. The minimum absolute atomic E-state index is 0.0948. The Morgan fingerprint density at radius 2 is 1.77 bits per heavy atom. The van der Waals surface area contributed by atoms with Crippen molar-refractivity contribution in [3.63, 3.8) is 0 Å². The molecule has 4 heteroatoms. The van der Waals surface area contributed by atoms with Crippen molar-refractivity contribution < 1.29 is 4.79 Å². The van der Waals surface area contributed by atoms with E-state index in [4.69, 9.17) is 4.99 Å². The number of hydrogen-bond acceptors (Lipinski definition) is 3. The maximum Gasteiger partial charge on any atom is 0.266 e. The largest absolute Gasteiger partial charge is 0.283 e. The number of para-hydroxylation sites is 1. The third-order valence-electron chi connectivity index (χ3n) is 5.70. The van der Waals surface area contributed by atoms with Gasteiger partial charge in [-0.2, -0.15) is 0 Å². The summed E-state index contributed by atoms with van der Waals surface area (Å²) in [7, 11) is 0. The molecular weight excluding hydrogens is 388 g/mol. The first-order chi connectivity index (χ1) is 14.8. The van der Waals surface area contributed by atoms with Crippen molar-refractivity contribution in [3.05, 3.63) is 82.8 Å². The van der Waals surface area contributed by atoms with Gasteiger partial charge < -0.3 is 0 Å². The van der Waals surface area contributed by atoms with Crippen LogP contribution in [-0.2, 0) is 11.2 Å². The Morgan fingerprint density at radius 3 is 2.53 bits per heavy atom. The van der Waals surface area contributed by atoms with Crippen LogP contribution < -0.4 is 0 Å². The molecule has 2 fully saturated rings. The van der Waals surface area contributed by atoms with Crippen LogP contribution in [0.25, 0.3) is 6.08 Å². The van der Waals surface area contributed by atoms with Gasteiger partial charge in [0.25, 0.3) is 5.91 Å². The maximum absolute atomic E-state index is 13.3. The third kappa shape index (κ3) is 4.76. The van der Waals surface area contributed by atoms with Crippen LogP contribution in [-0.4, -0.2) is 22.0 Å². The summed E-state index contributed by atoms with van der Waals surface area (Å²) in [5, 5.41) is 0.826. The second-order valence-electron chi connectivity index (χ2n) is 7.75. The molecule has 30 heavy (non-hydrogen) atoms. The van der Waals surface area contributed by atoms with Crippen molar-refractivity contribution in [1.29, 1.82) is 0 Å². The molecule has 2 aromatic carbocycles. The molecule has 0 N–H and O–H groups in total. The van der Waals surface area contributed by atoms with Gasteiger partial charge in [0.05, 0.1) is 10.6 Å². The molecule has 0 radical (unpaired) electrons. The van der Waals surface area contributed by atoms with Crippen LogP contribution in [0.1, 0.15) is 50.2 Å². The molecule has 0 bridgehead atoms. The van der Waals surface area contributed by atoms with Crippen molar-refractivity contribution in [2.45, 2.75) is 51.5 Å². The number of nitrogens with zero attached hydrogens (tertiary/aromatic N) is 2. The Hall–Kier alpha value is -2.59. The van der Waals surface area contributed by atoms with E-state index in [9.17, 15) is 4.79 Å². The number of benzene rings is 2. The molecular formula is C26H28N2OS. The van der Waals surface area contributed by atoms with Crippen molar-refractivity contribution in [2.75, 3.05) is 0 Å². The van der Waals surface area contributed by atoms with Gasteiger partial charge in [-0.25, -0.2) is 4.99 Å². The van der Waals surface area contributed by atoms with Crippen molar-refractivity contribution in [2.24, 2.45) is 4.99 Å². The summed E-state index contributed by atoms with van der Waals surface area (Å²) in [6.07, 6.45) is 12.6. The fourth-order valence-corrected chi connectivity index (χ4v) is 5.08. The molecule has 2 aliphatic rings. The molecule has 1 aliphatic carbocycles.